The van der Waals surface area contributed by atoms with Crippen molar-refractivity contribution in [1.29, 1.82) is 0 Å². The molecule has 2 rings (SSSR count). The Morgan fingerprint density at radius 2 is 2.15 bits per heavy atom. The van der Waals surface area contributed by atoms with Crippen LogP contribution in [0.2, 0.25) is 0 Å². The molecule has 0 aliphatic carbocycles. The molecule has 110 valence electrons. The third-order valence-electron chi connectivity index (χ3n) is 3.34. The number of imidazole rings is 1. The highest BCUT2D eigenvalue weighted by molar-refractivity contribution is 5.65. The summed E-state index contributed by atoms with van der Waals surface area (Å²) in [6.07, 6.45) is 6.84. The van der Waals surface area contributed by atoms with E-state index >= 15 is 0 Å². The second-order valence-corrected chi connectivity index (χ2v) is 4.74. The lowest BCUT2D eigenvalue weighted by atomic mass is 10.4. The number of hydrogen-bond donors (Lipinski definition) is 2. The Balaban J connectivity index is 2.03. The summed E-state index contributed by atoms with van der Waals surface area (Å²) in [6.45, 7) is 8.52. The van der Waals surface area contributed by atoms with Crippen LogP contribution in [0.4, 0.5) is 11.6 Å². The SMILES string of the molecule is CCCN(CC)CCNc1nc(NC)cn2ccnc12. The standard InChI is InChI=1S/C14H24N6/c1-4-8-19(5-2)9-6-16-13-14-17-7-10-20(14)11-12(15-3)18-13/h7,10-11,15H,4-6,8-9H2,1-3H3,(H,16,18). The molecule has 0 aliphatic heterocycles. The molecule has 6 heteroatoms. The number of likely N-dealkylation sites (N-methyl/N-ethyl adjacent to an activating group) is 1. The summed E-state index contributed by atoms with van der Waals surface area (Å²) in [4.78, 5) is 11.3. The van der Waals surface area contributed by atoms with Gasteiger partial charge in [0.15, 0.2) is 11.5 Å². The largest absolute Gasteiger partial charge is 0.372 e. The van der Waals surface area contributed by atoms with Crippen LogP contribution in [-0.4, -0.2) is 52.5 Å². The molecule has 0 amide bonds. The number of rotatable bonds is 8. The number of anilines is 2. The van der Waals surface area contributed by atoms with Crippen LogP contribution < -0.4 is 10.6 Å². The highest BCUT2D eigenvalue weighted by Gasteiger charge is 2.07. The van der Waals surface area contributed by atoms with Gasteiger partial charge >= 0.3 is 0 Å². The summed E-state index contributed by atoms with van der Waals surface area (Å²) >= 11 is 0. The Kier molecular flexibility index (Phi) is 5.17. The lowest BCUT2D eigenvalue weighted by Gasteiger charge is -2.19. The van der Waals surface area contributed by atoms with E-state index in [2.05, 4.69) is 39.3 Å². The van der Waals surface area contributed by atoms with Gasteiger partial charge in [0.1, 0.15) is 5.82 Å². The van der Waals surface area contributed by atoms with Gasteiger partial charge in [-0.05, 0) is 19.5 Å². The van der Waals surface area contributed by atoms with Crippen molar-refractivity contribution < 1.29 is 0 Å². The van der Waals surface area contributed by atoms with Gasteiger partial charge in [-0.1, -0.05) is 13.8 Å². The number of nitrogens with one attached hydrogen (secondary N) is 2. The Hall–Kier alpha value is -1.82. The zero-order chi connectivity index (χ0) is 14.4. The van der Waals surface area contributed by atoms with E-state index < -0.39 is 0 Å². The van der Waals surface area contributed by atoms with Gasteiger partial charge < -0.3 is 19.9 Å². The molecule has 0 spiro atoms. The summed E-state index contributed by atoms with van der Waals surface area (Å²) in [7, 11) is 1.87. The minimum absolute atomic E-state index is 0.828. The molecule has 2 N–H and O–H groups in total. The Bertz CT molecular complexity index is 535. The molecule has 6 nitrogen and oxygen atoms in total. The van der Waals surface area contributed by atoms with Crippen LogP contribution in [-0.2, 0) is 0 Å². The van der Waals surface area contributed by atoms with Crippen molar-refractivity contribution in [2.75, 3.05) is 43.9 Å². The number of aromatic nitrogens is 3. The van der Waals surface area contributed by atoms with E-state index in [1.807, 2.05) is 23.8 Å². The van der Waals surface area contributed by atoms with Crippen molar-refractivity contribution in [3.8, 4) is 0 Å². The Morgan fingerprint density at radius 3 is 2.85 bits per heavy atom. The van der Waals surface area contributed by atoms with E-state index in [4.69, 9.17) is 0 Å². The first-order valence-corrected chi connectivity index (χ1v) is 7.26. The van der Waals surface area contributed by atoms with Crippen molar-refractivity contribution in [2.45, 2.75) is 20.3 Å². The third-order valence-corrected chi connectivity index (χ3v) is 3.34. The van der Waals surface area contributed by atoms with Gasteiger partial charge in [0.05, 0.1) is 6.20 Å². The number of nitrogens with zero attached hydrogens (tertiary/aromatic N) is 4. The zero-order valence-electron chi connectivity index (χ0n) is 12.6. The van der Waals surface area contributed by atoms with E-state index in [1.165, 1.54) is 6.42 Å². The monoisotopic (exact) mass is 276 g/mol. The molecule has 0 saturated heterocycles. The molecule has 0 unspecified atom stereocenters. The van der Waals surface area contributed by atoms with Crippen LogP contribution in [0.3, 0.4) is 0 Å². The first kappa shape index (κ1) is 14.6. The quantitative estimate of drug-likeness (QED) is 0.771. The molecule has 0 atom stereocenters. The van der Waals surface area contributed by atoms with Crippen LogP contribution >= 0.6 is 0 Å². The van der Waals surface area contributed by atoms with E-state index in [-0.39, 0.29) is 0 Å². The van der Waals surface area contributed by atoms with E-state index in [0.29, 0.717) is 0 Å². The maximum Gasteiger partial charge on any atom is 0.180 e. The molecule has 2 aromatic rings. The van der Waals surface area contributed by atoms with Crippen LogP contribution in [0.5, 0.6) is 0 Å². The van der Waals surface area contributed by atoms with Crippen molar-refractivity contribution in [3.05, 3.63) is 18.6 Å². The minimum Gasteiger partial charge on any atom is -0.372 e. The topological polar surface area (TPSA) is 57.5 Å². The number of fused-ring (bicyclic) bond motifs is 1. The Morgan fingerprint density at radius 1 is 1.30 bits per heavy atom. The molecule has 0 saturated carbocycles. The van der Waals surface area contributed by atoms with Gasteiger partial charge in [0.2, 0.25) is 0 Å². The molecule has 0 radical (unpaired) electrons. The fourth-order valence-electron chi connectivity index (χ4n) is 2.25. The van der Waals surface area contributed by atoms with Gasteiger partial charge in [-0.2, -0.15) is 0 Å². The predicted molar refractivity (Wildman–Crippen MR) is 83.4 cm³/mol. The second-order valence-electron chi connectivity index (χ2n) is 4.74. The van der Waals surface area contributed by atoms with Crippen molar-refractivity contribution >= 4 is 17.3 Å². The first-order chi connectivity index (χ1) is 9.78. The van der Waals surface area contributed by atoms with Gasteiger partial charge in [-0.15, -0.1) is 0 Å². The molecular formula is C14H24N6. The molecule has 0 fully saturated rings. The second kappa shape index (κ2) is 7.09. The van der Waals surface area contributed by atoms with E-state index in [0.717, 1.165) is 43.5 Å². The van der Waals surface area contributed by atoms with Crippen molar-refractivity contribution in [3.63, 3.8) is 0 Å². The van der Waals surface area contributed by atoms with E-state index in [1.54, 1.807) is 6.20 Å². The maximum absolute atomic E-state index is 4.54. The van der Waals surface area contributed by atoms with Gasteiger partial charge in [-0.3, -0.25) is 0 Å². The molecular weight excluding hydrogens is 252 g/mol. The smallest absolute Gasteiger partial charge is 0.180 e. The van der Waals surface area contributed by atoms with Crippen molar-refractivity contribution in [2.24, 2.45) is 0 Å². The minimum atomic E-state index is 0.828. The fraction of sp³-hybridized carbons (Fsp3) is 0.571. The van der Waals surface area contributed by atoms with Crippen LogP contribution in [0.15, 0.2) is 18.6 Å². The summed E-state index contributed by atoms with van der Waals surface area (Å²) < 4.78 is 1.98. The van der Waals surface area contributed by atoms with Crippen LogP contribution in [0, 0.1) is 0 Å². The average Bonchev–Trinajstić information content (AvgIpc) is 2.94. The molecule has 0 bridgehead atoms. The normalized spacial score (nSPS) is 11.2. The van der Waals surface area contributed by atoms with Gasteiger partial charge in [0, 0.05) is 32.5 Å². The third kappa shape index (κ3) is 3.39. The Labute approximate surface area is 120 Å². The lowest BCUT2D eigenvalue weighted by molar-refractivity contribution is 0.300. The molecule has 2 aromatic heterocycles. The first-order valence-electron chi connectivity index (χ1n) is 7.26. The average molecular weight is 276 g/mol. The van der Waals surface area contributed by atoms with Crippen LogP contribution in [0.1, 0.15) is 20.3 Å². The molecule has 2 heterocycles. The molecule has 0 aromatic carbocycles. The summed E-state index contributed by atoms with van der Waals surface area (Å²) in [6, 6.07) is 0. The lowest BCUT2D eigenvalue weighted by Crippen LogP contribution is -2.29. The molecule has 20 heavy (non-hydrogen) atoms. The summed E-state index contributed by atoms with van der Waals surface area (Å²) in [5.41, 5.74) is 0.863. The van der Waals surface area contributed by atoms with Crippen LogP contribution in [0.25, 0.3) is 5.65 Å². The fourth-order valence-corrected chi connectivity index (χ4v) is 2.25. The van der Waals surface area contributed by atoms with E-state index in [9.17, 15) is 0 Å². The van der Waals surface area contributed by atoms with Crippen molar-refractivity contribution in [1.82, 2.24) is 19.3 Å². The predicted octanol–water partition coefficient (Wildman–Crippen LogP) is 1.91. The highest BCUT2D eigenvalue weighted by atomic mass is 15.2. The highest BCUT2D eigenvalue weighted by Crippen LogP contribution is 2.15. The molecule has 0 aliphatic rings. The number of hydrogen-bond acceptors (Lipinski definition) is 5. The van der Waals surface area contributed by atoms with Gasteiger partial charge in [-0.25, -0.2) is 9.97 Å². The van der Waals surface area contributed by atoms with Gasteiger partial charge in [0.25, 0.3) is 0 Å². The zero-order valence-corrected chi connectivity index (χ0v) is 12.6. The maximum atomic E-state index is 4.54. The summed E-state index contributed by atoms with van der Waals surface area (Å²) in [5.74, 6) is 1.66. The summed E-state index contributed by atoms with van der Waals surface area (Å²) in [5, 5.41) is 6.47.